The number of benzene rings is 1. The lowest BCUT2D eigenvalue weighted by Gasteiger charge is -2.12. The minimum absolute atomic E-state index is 0.00958. The molecule has 0 saturated carbocycles. The first kappa shape index (κ1) is 18.7. The zero-order valence-electron chi connectivity index (χ0n) is 16.0. The van der Waals surface area contributed by atoms with E-state index in [1.165, 1.54) is 51.9 Å². The Morgan fingerprint density at radius 3 is 2.31 bits per heavy atom. The fraction of sp³-hybridized carbons (Fsp3) is 0.263. The fourth-order valence-electron chi connectivity index (χ4n) is 3.47. The Morgan fingerprint density at radius 1 is 1.03 bits per heavy atom. The van der Waals surface area contributed by atoms with Crippen molar-refractivity contribution in [2.75, 3.05) is 0 Å². The summed E-state index contributed by atoms with van der Waals surface area (Å²) in [5.41, 5.74) is -0.905. The number of imidazole rings is 1. The molecule has 3 aromatic heterocycles. The second-order valence-corrected chi connectivity index (χ2v) is 6.80. The zero-order valence-corrected chi connectivity index (χ0v) is 16.0. The highest BCUT2D eigenvalue weighted by Crippen LogP contribution is 2.22. The molecule has 9 nitrogen and oxygen atoms in total. The molecule has 10 heteroatoms. The van der Waals surface area contributed by atoms with Gasteiger partial charge in [-0.25, -0.2) is 13.6 Å². The van der Waals surface area contributed by atoms with Crippen molar-refractivity contribution in [3.05, 3.63) is 72.4 Å². The largest absolute Gasteiger partial charge is 0.494 e. The smallest absolute Gasteiger partial charge is 0.332 e. The molecule has 0 aliphatic rings. The van der Waals surface area contributed by atoms with Gasteiger partial charge in [-0.1, -0.05) is 19.1 Å². The second-order valence-electron chi connectivity index (χ2n) is 6.80. The van der Waals surface area contributed by atoms with Gasteiger partial charge in [-0.05, 0) is 24.1 Å². The highest BCUT2D eigenvalue weighted by atomic mass is 19.1. The molecule has 150 valence electrons. The van der Waals surface area contributed by atoms with Gasteiger partial charge in [0.15, 0.2) is 11.2 Å². The van der Waals surface area contributed by atoms with E-state index in [1.54, 1.807) is 6.92 Å². The number of aromatic hydroxyl groups is 1. The molecule has 0 radical (unpaired) electrons. The average molecular weight is 399 g/mol. The van der Waals surface area contributed by atoms with Gasteiger partial charge in [0.05, 0.1) is 12.1 Å². The molecule has 1 aromatic carbocycles. The lowest BCUT2D eigenvalue weighted by molar-refractivity contribution is 0.435. The fourth-order valence-corrected chi connectivity index (χ4v) is 3.47. The van der Waals surface area contributed by atoms with Gasteiger partial charge in [-0.3, -0.25) is 23.3 Å². The molecule has 0 spiro atoms. The molecule has 0 aliphatic heterocycles. The van der Waals surface area contributed by atoms with Crippen LogP contribution in [-0.2, 0) is 27.1 Å². The average Bonchev–Trinajstić information content (AvgIpc) is 3.11. The van der Waals surface area contributed by atoms with Gasteiger partial charge in [0, 0.05) is 14.1 Å². The van der Waals surface area contributed by atoms with Crippen molar-refractivity contribution in [3.8, 4) is 5.88 Å². The number of fused-ring (bicyclic) bond motifs is 3. The lowest BCUT2D eigenvalue weighted by Crippen LogP contribution is -2.37. The summed E-state index contributed by atoms with van der Waals surface area (Å²) in [6.45, 7) is 1.75. The monoisotopic (exact) mass is 399 g/mol. The number of halogens is 1. The Kier molecular flexibility index (Phi) is 4.14. The van der Waals surface area contributed by atoms with Gasteiger partial charge in [-0.2, -0.15) is 4.98 Å². The van der Waals surface area contributed by atoms with Crippen molar-refractivity contribution in [1.29, 1.82) is 0 Å². The molecule has 29 heavy (non-hydrogen) atoms. The third-order valence-electron chi connectivity index (χ3n) is 5.07. The summed E-state index contributed by atoms with van der Waals surface area (Å²) in [6, 6.07) is 5.63. The summed E-state index contributed by atoms with van der Waals surface area (Å²) in [5.74, 6) is -0.778. The van der Waals surface area contributed by atoms with Crippen molar-refractivity contribution in [1.82, 2.24) is 23.1 Å². The Balaban J connectivity index is 2.19. The summed E-state index contributed by atoms with van der Waals surface area (Å²) < 4.78 is 17.8. The second kappa shape index (κ2) is 6.43. The van der Waals surface area contributed by atoms with E-state index in [2.05, 4.69) is 4.98 Å². The summed E-state index contributed by atoms with van der Waals surface area (Å²) in [4.78, 5) is 42.4. The van der Waals surface area contributed by atoms with Gasteiger partial charge in [0.1, 0.15) is 5.82 Å². The summed E-state index contributed by atoms with van der Waals surface area (Å²) >= 11 is 0. The molecule has 0 bridgehead atoms. The van der Waals surface area contributed by atoms with E-state index in [4.69, 9.17) is 0 Å². The van der Waals surface area contributed by atoms with Gasteiger partial charge < -0.3 is 5.11 Å². The van der Waals surface area contributed by atoms with Gasteiger partial charge in [0.25, 0.3) is 11.1 Å². The molecule has 0 amide bonds. The van der Waals surface area contributed by atoms with Gasteiger partial charge in [0.2, 0.25) is 11.7 Å². The maximum absolute atomic E-state index is 13.2. The SMILES string of the molecule is CCc1c(O)n2c3c(=O)n(C)c(=O)n(C)c3nc2n(Cc2ccc(F)cc2)c1=O. The number of rotatable bonds is 3. The molecule has 0 saturated heterocycles. The van der Waals surface area contributed by atoms with E-state index in [9.17, 15) is 23.9 Å². The highest BCUT2D eigenvalue weighted by Gasteiger charge is 2.23. The van der Waals surface area contributed by atoms with Crippen LogP contribution in [0.3, 0.4) is 0 Å². The number of hydrogen-bond acceptors (Lipinski definition) is 5. The molecule has 3 heterocycles. The Labute approximate surface area is 162 Å². The number of aryl methyl sites for hydroxylation is 1. The first-order chi connectivity index (χ1) is 13.8. The highest BCUT2D eigenvalue weighted by molar-refractivity contribution is 5.76. The Morgan fingerprint density at radius 2 is 1.69 bits per heavy atom. The molecule has 0 fully saturated rings. The standard InChI is InChI=1S/C19H18FN5O4/c1-4-12-15(26)24(9-10-5-7-11(20)8-6-10)18-21-14-13(25(18)16(12)27)17(28)23(3)19(29)22(14)2/h5-8,27H,4,9H2,1-3H3. The quantitative estimate of drug-likeness (QED) is 0.540. The van der Waals surface area contributed by atoms with E-state index in [0.29, 0.717) is 5.56 Å². The van der Waals surface area contributed by atoms with E-state index in [1.807, 2.05) is 0 Å². The van der Waals surface area contributed by atoms with Crippen LogP contribution in [0.15, 0.2) is 38.6 Å². The van der Waals surface area contributed by atoms with Crippen molar-refractivity contribution in [3.63, 3.8) is 0 Å². The number of hydrogen-bond donors (Lipinski definition) is 1. The van der Waals surface area contributed by atoms with Crippen LogP contribution in [0, 0.1) is 5.82 Å². The maximum Gasteiger partial charge on any atom is 0.332 e. The Hall–Kier alpha value is -3.69. The van der Waals surface area contributed by atoms with Crippen LogP contribution >= 0.6 is 0 Å². The van der Waals surface area contributed by atoms with Crippen LogP contribution in [0.4, 0.5) is 4.39 Å². The lowest BCUT2D eigenvalue weighted by atomic mass is 10.2. The van der Waals surface area contributed by atoms with Crippen molar-refractivity contribution in [2.24, 2.45) is 14.1 Å². The topological polar surface area (TPSA) is 104 Å². The summed E-state index contributed by atoms with van der Waals surface area (Å²) in [5, 5.41) is 10.7. The first-order valence-electron chi connectivity index (χ1n) is 8.93. The van der Waals surface area contributed by atoms with Crippen LogP contribution in [0.25, 0.3) is 16.9 Å². The minimum Gasteiger partial charge on any atom is -0.494 e. The van der Waals surface area contributed by atoms with Crippen molar-refractivity contribution in [2.45, 2.75) is 19.9 Å². The van der Waals surface area contributed by atoms with E-state index in [-0.39, 0.29) is 41.4 Å². The molecule has 0 aliphatic carbocycles. The number of aromatic nitrogens is 5. The predicted molar refractivity (Wildman–Crippen MR) is 104 cm³/mol. The zero-order chi connectivity index (χ0) is 21.0. The van der Waals surface area contributed by atoms with Crippen molar-refractivity contribution < 1.29 is 9.50 Å². The van der Waals surface area contributed by atoms with Gasteiger partial charge in [-0.15, -0.1) is 0 Å². The molecular weight excluding hydrogens is 381 g/mol. The minimum atomic E-state index is -0.639. The molecule has 1 N–H and O–H groups in total. The summed E-state index contributed by atoms with van der Waals surface area (Å²) in [7, 11) is 2.78. The van der Waals surface area contributed by atoms with Crippen LogP contribution < -0.4 is 16.8 Å². The predicted octanol–water partition coefficient (Wildman–Crippen LogP) is 0.502. The van der Waals surface area contributed by atoms with E-state index < -0.39 is 22.6 Å². The molecule has 0 atom stereocenters. The van der Waals surface area contributed by atoms with Gasteiger partial charge >= 0.3 is 5.69 Å². The van der Waals surface area contributed by atoms with Crippen LogP contribution in [0.2, 0.25) is 0 Å². The molecular formula is C19H18FN5O4. The van der Waals surface area contributed by atoms with E-state index >= 15 is 0 Å². The molecule has 4 aromatic rings. The normalized spacial score (nSPS) is 11.6. The van der Waals surface area contributed by atoms with Crippen molar-refractivity contribution >= 4 is 16.9 Å². The first-order valence-corrected chi connectivity index (χ1v) is 8.93. The molecule has 4 rings (SSSR count). The third-order valence-corrected chi connectivity index (χ3v) is 5.07. The number of nitrogens with zero attached hydrogens (tertiary/aromatic N) is 5. The van der Waals surface area contributed by atoms with E-state index in [0.717, 1.165) is 4.57 Å². The maximum atomic E-state index is 13.2. The summed E-state index contributed by atoms with van der Waals surface area (Å²) in [6.07, 6.45) is 0.218. The van der Waals surface area contributed by atoms with Crippen LogP contribution in [0.5, 0.6) is 5.88 Å². The molecule has 0 unspecified atom stereocenters. The van der Waals surface area contributed by atoms with Crippen LogP contribution in [0.1, 0.15) is 18.1 Å². The van der Waals surface area contributed by atoms with Crippen LogP contribution in [-0.4, -0.2) is 28.2 Å². The Bertz CT molecular complexity index is 1460. The third kappa shape index (κ3) is 2.59.